The number of benzene rings is 1. The molecule has 0 aromatic heterocycles. The van der Waals surface area contributed by atoms with Crippen molar-refractivity contribution >= 4 is 15.9 Å². The summed E-state index contributed by atoms with van der Waals surface area (Å²) in [5, 5.41) is 2.71. The quantitative estimate of drug-likeness (QED) is 0.770. The molecular weight excluding hydrogens is 342 g/mol. The maximum absolute atomic E-state index is 13.7. The van der Waals surface area contributed by atoms with Gasteiger partial charge in [-0.3, -0.25) is 4.79 Å². The van der Waals surface area contributed by atoms with Crippen molar-refractivity contribution in [2.75, 3.05) is 33.4 Å². The van der Waals surface area contributed by atoms with Gasteiger partial charge in [-0.15, -0.1) is 0 Å². The molecule has 0 bridgehead atoms. The van der Waals surface area contributed by atoms with Crippen LogP contribution in [0.4, 0.5) is 8.78 Å². The van der Waals surface area contributed by atoms with Crippen LogP contribution in [-0.2, 0) is 19.6 Å². The van der Waals surface area contributed by atoms with E-state index in [0.29, 0.717) is 32.1 Å². The van der Waals surface area contributed by atoms with Crippen LogP contribution < -0.4 is 5.32 Å². The summed E-state index contributed by atoms with van der Waals surface area (Å²) in [6.45, 7) is 0.960. The lowest BCUT2D eigenvalue weighted by molar-refractivity contribution is -0.126. The van der Waals surface area contributed by atoms with Crippen LogP contribution in [0.1, 0.15) is 12.8 Å². The Morgan fingerprint density at radius 3 is 2.62 bits per heavy atom. The molecule has 1 aliphatic heterocycles. The van der Waals surface area contributed by atoms with Crippen molar-refractivity contribution in [3.63, 3.8) is 0 Å². The van der Waals surface area contributed by atoms with Gasteiger partial charge in [0.25, 0.3) is 0 Å². The summed E-state index contributed by atoms with van der Waals surface area (Å²) < 4.78 is 57.8. The van der Waals surface area contributed by atoms with Gasteiger partial charge in [0.15, 0.2) is 0 Å². The number of nitrogens with one attached hydrogen (secondary N) is 1. The number of ether oxygens (including phenoxy) is 1. The summed E-state index contributed by atoms with van der Waals surface area (Å²) in [4.78, 5) is 11.3. The average Bonchev–Trinajstić information content (AvgIpc) is 2.57. The number of halogens is 2. The molecule has 1 aromatic carbocycles. The van der Waals surface area contributed by atoms with E-state index in [-0.39, 0.29) is 24.9 Å². The van der Waals surface area contributed by atoms with Gasteiger partial charge < -0.3 is 10.1 Å². The number of amides is 1. The monoisotopic (exact) mass is 362 g/mol. The Labute approximate surface area is 139 Å². The van der Waals surface area contributed by atoms with Gasteiger partial charge in [0, 0.05) is 32.7 Å². The smallest absolute Gasteiger partial charge is 0.246 e. The van der Waals surface area contributed by atoms with Gasteiger partial charge in [0.05, 0.1) is 6.61 Å². The topological polar surface area (TPSA) is 75.7 Å². The van der Waals surface area contributed by atoms with Crippen molar-refractivity contribution in [2.45, 2.75) is 17.7 Å². The standard InChI is InChI=1S/C15H20F2N2O4S/c1-23-9-6-18-15(20)11-4-7-19(8-5-11)24(21,22)14-10-12(16)2-3-13(14)17/h2-3,10-11H,4-9H2,1H3,(H,18,20). The Balaban J connectivity index is 2.01. The maximum atomic E-state index is 13.7. The van der Waals surface area contributed by atoms with Crippen LogP contribution in [0.2, 0.25) is 0 Å². The first kappa shape index (κ1) is 18.8. The minimum absolute atomic E-state index is 0.0840. The van der Waals surface area contributed by atoms with E-state index in [9.17, 15) is 22.0 Å². The van der Waals surface area contributed by atoms with Crippen LogP contribution in [-0.4, -0.2) is 52.0 Å². The van der Waals surface area contributed by atoms with Gasteiger partial charge in [-0.1, -0.05) is 0 Å². The fraction of sp³-hybridized carbons (Fsp3) is 0.533. The third kappa shape index (κ3) is 4.28. The highest BCUT2D eigenvalue weighted by atomic mass is 32.2. The molecule has 1 amide bonds. The number of carbonyl (C=O) groups excluding carboxylic acids is 1. The van der Waals surface area contributed by atoms with E-state index in [1.807, 2.05) is 0 Å². The summed E-state index contributed by atoms with van der Waals surface area (Å²) in [5.41, 5.74) is 0. The lowest BCUT2D eigenvalue weighted by atomic mass is 9.97. The molecule has 0 aliphatic carbocycles. The fourth-order valence-corrected chi connectivity index (χ4v) is 4.14. The molecule has 0 saturated carbocycles. The number of rotatable bonds is 6. The highest BCUT2D eigenvalue weighted by Crippen LogP contribution is 2.26. The van der Waals surface area contributed by atoms with Crippen molar-refractivity contribution in [1.29, 1.82) is 0 Å². The van der Waals surface area contributed by atoms with Gasteiger partial charge in [-0.05, 0) is 31.0 Å². The molecule has 1 aromatic rings. The van der Waals surface area contributed by atoms with E-state index in [1.165, 1.54) is 7.11 Å². The molecule has 0 atom stereocenters. The second kappa shape index (κ2) is 8.00. The van der Waals surface area contributed by atoms with E-state index in [4.69, 9.17) is 4.74 Å². The van der Waals surface area contributed by atoms with Gasteiger partial charge in [-0.25, -0.2) is 17.2 Å². The summed E-state index contributed by atoms with van der Waals surface area (Å²) in [7, 11) is -2.59. The Morgan fingerprint density at radius 1 is 1.33 bits per heavy atom. The molecule has 1 heterocycles. The van der Waals surface area contributed by atoms with Crippen molar-refractivity contribution < 1.29 is 26.7 Å². The molecule has 1 aliphatic rings. The number of nitrogens with zero attached hydrogens (tertiary/aromatic N) is 1. The lowest BCUT2D eigenvalue weighted by Crippen LogP contribution is -2.43. The third-order valence-electron chi connectivity index (χ3n) is 3.94. The Hall–Kier alpha value is -1.58. The van der Waals surface area contributed by atoms with E-state index in [0.717, 1.165) is 16.4 Å². The predicted molar refractivity (Wildman–Crippen MR) is 82.7 cm³/mol. The molecule has 0 unspecified atom stereocenters. The number of piperidine rings is 1. The first-order valence-corrected chi connectivity index (χ1v) is 9.02. The largest absolute Gasteiger partial charge is 0.383 e. The normalized spacial score (nSPS) is 17.0. The maximum Gasteiger partial charge on any atom is 0.246 e. The number of hydrogen-bond acceptors (Lipinski definition) is 4. The average molecular weight is 362 g/mol. The zero-order valence-corrected chi connectivity index (χ0v) is 14.1. The van der Waals surface area contributed by atoms with E-state index in [2.05, 4.69) is 5.32 Å². The minimum Gasteiger partial charge on any atom is -0.383 e. The van der Waals surface area contributed by atoms with Crippen LogP contribution >= 0.6 is 0 Å². The number of hydrogen-bond donors (Lipinski definition) is 1. The molecule has 0 radical (unpaired) electrons. The molecule has 9 heteroatoms. The van der Waals surface area contributed by atoms with Crippen LogP contribution in [0, 0.1) is 17.6 Å². The summed E-state index contributed by atoms with van der Waals surface area (Å²) in [5.74, 6) is -2.26. The summed E-state index contributed by atoms with van der Waals surface area (Å²) in [6.07, 6.45) is 0.657. The van der Waals surface area contributed by atoms with E-state index in [1.54, 1.807) is 0 Å². The van der Waals surface area contributed by atoms with Gasteiger partial charge in [0.2, 0.25) is 15.9 Å². The molecule has 1 N–H and O–H groups in total. The highest BCUT2D eigenvalue weighted by Gasteiger charge is 2.33. The molecule has 2 rings (SSSR count). The first-order chi connectivity index (χ1) is 11.4. The Bertz CT molecular complexity index is 689. The third-order valence-corrected chi connectivity index (χ3v) is 5.85. The molecule has 6 nitrogen and oxygen atoms in total. The van der Waals surface area contributed by atoms with E-state index >= 15 is 0 Å². The number of sulfonamides is 1. The van der Waals surface area contributed by atoms with Crippen LogP contribution in [0.3, 0.4) is 0 Å². The van der Waals surface area contributed by atoms with Gasteiger partial charge in [0.1, 0.15) is 16.5 Å². The highest BCUT2D eigenvalue weighted by molar-refractivity contribution is 7.89. The minimum atomic E-state index is -4.12. The second-order valence-electron chi connectivity index (χ2n) is 5.54. The van der Waals surface area contributed by atoms with Crippen molar-refractivity contribution in [2.24, 2.45) is 5.92 Å². The second-order valence-corrected chi connectivity index (χ2v) is 7.44. The summed E-state index contributed by atoms with van der Waals surface area (Å²) >= 11 is 0. The SMILES string of the molecule is COCCNC(=O)C1CCN(S(=O)(=O)c2cc(F)ccc2F)CC1. The Morgan fingerprint density at radius 2 is 2.00 bits per heavy atom. The molecule has 0 spiro atoms. The zero-order valence-electron chi connectivity index (χ0n) is 13.3. The molecule has 24 heavy (non-hydrogen) atoms. The number of methoxy groups -OCH3 is 1. The van der Waals surface area contributed by atoms with Crippen LogP contribution in [0.25, 0.3) is 0 Å². The molecule has 1 saturated heterocycles. The first-order valence-electron chi connectivity index (χ1n) is 7.58. The van der Waals surface area contributed by atoms with Crippen molar-refractivity contribution in [3.05, 3.63) is 29.8 Å². The molecule has 134 valence electrons. The van der Waals surface area contributed by atoms with Crippen molar-refractivity contribution in [3.8, 4) is 0 Å². The van der Waals surface area contributed by atoms with Gasteiger partial charge in [-0.2, -0.15) is 4.31 Å². The predicted octanol–water partition coefficient (Wildman–Crippen LogP) is 1.13. The van der Waals surface area contributed by atoms with Crippen LogP contribution in [0.5, 0.6) is 0 Å². The van der Waals surface area contributed by atoms with Crippen LogP contribution in [0.15, 0.2) is 23.1 Å². The lowest BCUT2D eigenvalue weighted by Gasteiger charge is -2.30. The zero-order chi connectivity index (χ0) is 17.7. The molecule has 1 fully saturated rings. The van der Waals surface area contributed by atoms with E-state index < -0.39 is 26.6 Å². The molecular formula is C15H20F2N2O4S. The number of carbonyl (C=O) groups is 1. The van der Waals surface area contributed by atoms with Gasteiger partial charge >= 0.3 is 0 Å². The Kier molecular flexibility index (Phi) is 6.25. The summed E-state index contributed by atoms with van der Waals surface area (Å²) in [6, 6.07) is 2.33. The fourth-order valence-electron chi connectivity index (χ4n) is 2.59. The van der Waals surface area contributed by atoms with Crippen molar-refractivity contribution in [1.82, 2.24) is 9.62 Å².